The van der Waals surface area contributed by atoms with Crippen molar-refractivity contribution >= 4 is 11.9 Å². The predicted octanol–water partition coefficient (Wildman–Crippen LogP) is 1.00. The largest absolute Gasteiger partial charge is 0.478 e. The molecule has 0 aliphatic heterocycles. The molecule has 0 saturated heterocycles. The number of aromatic amines is 1. The molecule has 0 unspecified atom stereocenters. The summed E-state index contributed by atoms with van der Waals surface area (Å²) in [6.45, 7) is 0.187. The van der Waals surface area contributed by atoms with Crippen LogP contribution in [0.5, 0.6) is 0 Å². The number of H-pyrrole nitrogens is 1. The highest BCUT2D eigenvalue weighted by atomic mass is 16.4. The zero-order valence-corrected chi connectivity index (χ0v) is 10.4. The Balaban J connectivity index is 2.05. The SMILES string of the molecule is O=C(O)c1cccc(CNC(=O)c2cc[nH]c(=O)c2)c1. The number of aromatic nitrogens is 1. The van der Waals surface area contributed by atoms with Gasteiger partial charge < -0.3 is 15.4 Å². The van der Waals surface area contributed by atoms with E-state index in [0.717, 1.165) is 0 Å². The van der Waals surface area contributed by atoms with Crippen LogP contribution in [-0.4, -0.2) is 22.0 Å². The van der Waals surface area contributed by atoms with E-state index < -0.39 is 11.9 Å². The maximum atomic E-state index is 11.8. The number of aromatic carboxylic acids is 1. The van der Waals surface area contributed by atoms with Gasteiger partial charge in [0, 0.05) is 24.4 Å². The molecule has 1 aromatic carbocycles. The van der Waals surface area contributed by atoms with Crippen LogP contribution in [0.4, 0.5) is 0 Å². The quantitative estimate of drug-likeness (QED) is 0.773. The molecule has 0 fully saturated rings. The third-order valence-corrected chi connectivity index (χ3v) is 2.66. The van der Waals surface area contributed by atoms with Gasteiger partial charge in [0.1, 0.15) is 0 Å². The fourth-order valence-corrected chi connectivity index (χ4v) is 1.68. The number of benzene rings is 1. The normalized spacial score (nSPS) is 10.0. The lowest BCUT2D eigenvalue weighted by Crippen LogP contribution is -2.24. The summed E-state index contributed by atoms with van der Waals surface area (Å²) < 4.78 is 0. The van der Waals surface area contributed by atoms with Gasteiger partial charge in [0.2, 0.25) is 5.56 Å². The minimum absolute atomic E-state index is 0.160. The molecule has 3 N–H and O–H groups in total. The van der Waals surface area contributed by atoms with Gasteiger partial charge in [-0.1, -0.05) is 12.1 Å². The Morgan fingerprint density at radius 2 is 1.95 bits per heavy atom. The van der Waals surface area contributed by atoms with Gasteiger partial charge >= 0.3 is 5.97 Å². The first-order valence-corrected chi connectivity index (χ1v) is 5.85. The standard InChI is InChI=1S/C14H12N2O4/c17-12-7-10(4-5-15-12)13(18)16-8-9-2-1-3-11(6-9)14(19)20/h1-7H,8H2,(H,15,17)(H,16,18)(H,19,20). The lowest BCUT2D eigenvalue weighted by atomic mass is 10.1. The molecular weight excluding hydrogens is 260 g/mol. The summed E-state index contributed by atoms with van der Waals surface area (Å²) in [5, 5.41) is 11.5. The molecule has 0 bridgehead atoms. The van der Waals surface area contributed by atoms with Crippen LogP contribution >= 0.6 is 0 Å². The van der Waals surface area contributed by atoms with E-state index in [0.29, 0.717) is 5.56 Å². The Morgan fingerprint density at radius 1 is 1.15 bits per heavy atom. The first-order valence-electron chi connectivity index (χ1n) is 5.85. The van der Waals surface area contributed by atoms with Crippen LogP contribution in [0.1, 0.15) is 26.3 Å². The summed E-state index contributed by atoms with van der Waals surface area (Å²) in [4.78, 5) is 36.1. The highest BCUT2D eigenvalue weighted by Crippen LogP contribution is 2.05. The van der Waals surface area contributed by atoms with E-state index >= 15 is 0 Å². The second-order valence-corrected chi connectivity index (χ2v) is 4.13. The third kappa shape index (κ3) is 3.32. The average molecular weight is 272 g/mol. The molecule has 0 atom stereocenters. The number of carbonyl (C=O) groups is 2. The van der Waals surface area contributed by atoms with Gasteiger partial charge in [-0.15, -0.1) is 0 Å². The molecule has 6 heteroatoms. The van der Waals surface area contributed by atoms with Crippen LogP contribution in [0.3, 0.4) is 0 Å². The molecule has 0 aliphatic rings. The lowest BCUT2D eigenvalue weighted by Gasteiger charge is -2.06. The second kappa shape index (κ2) is 5.83. The molecule has 1 aromatic heterocycles. The Labute approximate surface area is 114 Å². The number of carboxylic acid groups (broad SMARTS) is 1. The maximum Gasteiger partial charge on any atom is 0.335 e. The van der Waals surface area contributed by atoms with Crippen LogP contribution in [0.2, 0.25) is 0 Å². The van der Waals surface area contributed by atoms with Crippen molar-refractivity contribution in [3.63, 3.8) is 0 Å². The molecule has 0 spiro atoms. The van der Waals surface area contributed by atoms with E-state index in [-0.39, 0.29) is 23.2 Å². The van der Waals surface area contributed by atoms with Gasteiger partial charge in [0.05, 0.1) is 5.56 Å². The summed E-state index contributed by atoms with van der Waals surface area (Å²) in [6.07, 6.45) is 1.39. The Morgan fingerprint density at radius 3 is 2.65 bits per heavy atom. The van der Waals surface area contributed by atoms with Crippen molar-refractivity contribution in [1.82, 2.24) is 10.3 Å². The van der Waals surface area contributed by atoms with Crippen LogP contribution in [0.15, 0.2) is 47.4 Å². The van der Waals surface area contributed by atoms with E-state index in [1.807, 2.05) is 0 Å². The van der Waals surface area contributed by atoms with Crippen LogP contribution in [0.25, 0.3) is 0 Å². The Kier molecular flexibility index (Phi) is 3.95. The van der Waals surface area contributed by atoms with Gasteiger partial charge in [-0.3, -0.25) is 9.59 Å². The zero-order valence-electron chi connectivity index (χ0n) is 10.4. The summed E-state index contributed by atoms with van der Waals surface area (Å²) in [7, 11) is 0. The van der Waals surface area contributed by atoms with E-state index in [2.05, 4.69) is 10.3 Å². The molecule has 0 aliphatic carbocycles. The number of carboxylic acids is 1. The fraction of sp³-hybridized carbons (Fsp3) is 0.0714. The van der Waals surface area contributed by atoms with Crippen molar-refractivity contribution in [3.05, 3.63) is 69.6 Å². The predicted molar refractivity (Wildman–Crippen MR) is 71.6 cm³/mol. The minimum atomic E-state index is -1.02. The van der Waals surface area contributed by atoms with Gasteiger partial charge in [-0.2, -0.15) is 0 Å². The van der Waals surface area contributed by atoms with E-state index in [1.54, 1.807) is 12.1 Å². The number of carbonyl (C=O) groups excluding carboxylic acids is 1. The molecule has 1 amide bonds. The first kappa shape index (κ1) is 13.5. The summed E-state index contributed by atoms with van der Waals surface area (Å²) >= 11 is 0. The van der Waals surface area contributed by atoms with Crippen molar-refractivity contribution in [3.8, 4) is 0 Å². The summed E-state index contributed by atoms with van der Waals surface area (Å²) in [6, 6.07) is 8.97. The average Bonchev–Trinajstić information content (AvgIpc) is 2.45. The molecule has 0 saturated carbocycles. The van der Waals surface area contributed by atoms with Crippen LogP contribution < -0.4 is 10.9 Å². The minimum Gasteiger partial charge on any atom is -0.478 e. The Bertz CT molecular complexity index is 706. The first-order chi connectivity index (χ1) is 9.56. The summed E-state index contributed by atoms with van der Waals surface area (Å²) in [5.41, 5.74) is 0.727. The van der Waals surface area contributed by atoms with Gasteiger partial charge in [0.15, 0.2) is 0 Å². The number of pyridine rings is 1. The molecule has 102 valence electrons. The zero-order chi connectivity index (χ0) is 14.5. The van der Waals surface area contributed by atoms with Crippen LogP contribution in [-0.2, 0) is 6.54 Å². The lowest BCUT2D eigenvalue weighted by molar-refractivity contribution is 0.0696. The number of nitrogens with one attached hydrogen (secondary N) is 2. The number of hydrogen-bond donors (Lipinski definition) is 3. The smallest absolute Gasteiger partial charge is 0.335 e. The van der Waals surface area contributed by atoms with E-state index in [4.69, 9.17) is 5.11 Å². The Hall–Kier alpha value is -2.89. The molecule has 2 rings (SSSR count). The molecule has 6 nitrogen and oxygen atoms in total. The number of rotatable bonds is 4. The van der Waals surface area contributed by atoms with Crippen molar-refractivity contribution in [2.24, 2.45) is 0 Å². The van der Waals surface area contributed by atoms with Gasteiger partial charge in [-0.05, 0) is 23.8 Å². The molecule has 2 aromatic rings. The van der Waals surface area contributed by atoms with Gasteiger partial charge in [0.25, 0.3) is 5.91 Å². The fourth-order valence-electron chi connectivity index (χ4n) is 1.68. The van der Waals surface area contributed by atoms with Crippen molar-refractivity contribution < 1.29 is 14.7 Å². The summed E-state index contributed by atoms with van der Waals surface area (Å²) in [5.74, 6) is -1.41. The highest BCUT2D eigenvalue weighted by Gasteiger charge is 2.07. The van der Waals surface area contributed by atoms with E-state index in [9.17, 15) is 14.4 Å². The number of hydrogen-bond acceptors (Lipinski definition) is 3. The molecular formula is C14H12N2O4. The molecule has 1 heterocycles. The van der Waals surface area contributed by atoms with Crippen molar-refractivity contribution in [1.29, 1.82) is 0 Å². The van der Waals surface area contributed by atoms with E-state index in [1.165, 1.54) is 30.5 Å². The molecule has 0 radical (unpaired) electrons. The number of amides is 1. The molecule has 20 heavy (non-hydrogen) atoms. The third-order valence-electron chi connectivity index (χ3n) is 2.66. The van der Waals surface area contributed by atoms with Crippen LogP contribution in [0, 0.1) is 0 Å². The topological polar surface area (TPSA) is 99.3 Å². The monoisotopic (exact) mass is 272 g/mol. The van der Waals surface area contributed by atoms with Crippen molar-refractivity contribution in [2.75, 3.05) is 0 Å². The maximum absolute atomic E-state index is 11.8. The highest BCUT2D eigenvalue weighted by molar-refractivity contribution is 5.94. The second-order valence-electron chi connectivity index (χ2n) is 4.13. The van der Waals surface area contributed by atoms with Gasteiger partial charge in [-0.25, -0.2) is 4.79 Å². The van der Waals surface area contributed by atoms with Crippen molar-refractivity contribution in [2.45, 2.75) is 6.54 Å².